The summed E-state index contributed by atoms with van der Waals surface area (Å²) in [4.78, 5) is 0.204. The second-order valence-corrected chi connectivity index (χ2v) is 7.07. The molecule has 0 bridgehead atoms. The third-order valence-corrected chi connectivity index (χ3v) is 5.24. The molecular weight excluding hydrogens is 276 g/mol. The number of nitrogens with two attached hydrogens (primary N) is 1. The molecular formula is C14H22N2O3S. The maximum Gasteiger partial charge on any atom is 0.244 e. The lowest BCUT2D eigenvalue weighted by atomic mass is 9.93. The van der Waals surface area contributed by atoms with E-state index in [0.717, 1.165) is 31.2 Å². The van der Waals surface area contributed by atoms with Crippen LogP contribution >= 0.6 is 0 Å². The normalized spacial score (nSPS) is 23.6. The fourth-order valence-electron chi connectivity index (χ4n) is 2.51. The van der Waals surface area contributed by atoms with E-state index in [1.54, 1.807) is 12.1 Å². The summed E-state index contributed by atoms with van der Waals surface area (Å²) in [7, 11) is -2.08. The number of rotatable bonds is 4. The summed E-state index contributed by atoms with van der Waals surface area (Å²) in [6, 6.07) is 5.31. The van der Waals surface area contributed by atoms with E-state index in [-0.39, 0.29) is 17.0 Å². The van der Waals surface area contributed by atoms with Crippen molar-refractivity contribution in [1.29, 1.82) is 0 Å². The predicted octanol–water partition coefficient (Wildman–Crippen LogP) is 1.55. The topological polar surface area (TPSA) is 81.4 Å². The largest absolute Gasteiger partial charge is 0.495 e. The summed E-state index contributed by atoms with van der Waals surface area (Å²) in [5.41, 5.74) is 6.73. The van der Waals surface area contributed by atoms with Crippen molar-refractivity contribution in [3.05, 3.63) is 23.8 Å². The van der Waals surface area contributed by atoms with E-state index in [2.05, 4.69) is 4.72 Å². The van der Waals surface area contributed by atoms with Gasteiger partial charge in [0.15, 0.2) is 0 Å². The Morgan fingerprint density at radius 3 is 2.50 bits per heavy atom. The molecule has 0 heterocycles. The monoisotopic (exact) mass is 298 g/mol. The van der Waals surface area contributed by atoms with Gasteiger partial charge in [-0.1, -0.05) is 6.07 Å². The molecule has 6 heteroatoms. The predicted molar refractivity (Wildman–Crippen MR) is 78.3 cm³/mol. The van der Waals surface area contributed by atoms with Gasteiger partial charge in [-0.25, -0.2) is 13.1 Å². The highest BCUT2D eigenvalue weighted by Gasteiger charge is 2.26. The number of benzene rings is 1. The molecule has 3 N–H and O–H groups in total. The second-order valence-electron chi connectivity index (χ2n) is 5.39. The first-order chi connectivity index (χ1) is 9.42. The van der Waals surface area contributed by atoms with Gasteiger partial charge >= 0.3 is 0 Å². The maximum absolute atomic E-state index is 12.5. The Bertz CT molecular complexity index is 564. The minimum Gasteiger partial charge on any atom is -0.495 e. The molecule has 1 saturated carbocycles. The molecule has 0 spiro atoms. The lowest BCUT2D eigenvalue weighted by Gasteiger charge is -2.26. The first kappa shape index (κ1) is 15.3. The number of aryl methyl sites for hydroxylation is 1. The number of ether oxygens (including phenoxy) is 1. The molecule has 0 atom stereocenters. The van der Waals surface area contributed by atoms with E-state index in [1.165, 1.54) is 7.11 Å². The van der Waals surface area contributed by atoms with Gasteiger partial charge in [-0.2, -0.15) is 0 Å². The van der Waals surface area contributed by atoms with Gasteiger partial charge in [0.05, 0.1) is 7.11 Å². The van der Waals surface area contributed by atoms with Gasteiger partial charge in [0.25, 0.3) is 0 Å². The molecule has 0 radical (unpaired) electrons. The van der Waals surface area contributed by atoms with Crippen LogP contribution in [0.1, 0.15) is 31.2 Å². The van der Waals surface area contributed by atoms with Gasteiger partial charge in [-0.15, -0.1) is 0 Å². The van der Waals surface area contributed by atoms with Gasteiger partial charge < -0.3 is 10.5 Å². The molecule has 1 fully saturated rings. The van der Waals surface area contributed by atoms with Gasteiger partial charge in [0, 0.05) is 12.1 Å². The molecule has 1 aliphatic carbocycles. The Balaban J connectivity index is 2.20. The van der Waals surface area contributed by atoms with Crippen molar-refractivity contribution in [2.45, 2.75) is 49.6 Å². The molecule has 1 aromatic carbocycles. The van der Waals surface area contributed by atoms with Crippen molar-refractivity contribution in [3.63, 3.8) is 0 Å². The number of hydrogen-bond donors (Lipinski definition) is 2. The zero-order valence-corrected chi connectivity index (χ0v) is 12.7. The van der Waals surface area contributed by atoms with Gasteiger partial charge in [0.2, 0.25) is 10.0 Å². The summed E-state index contributed by atoms with van der Waals surface area (Å²) in [6.45, 7) is 1.86. The van der Waals surface area contributed by atoms with E-state index >= 15 is 0 Å². The van der Waals surface area contributed by atoms with Gasteiger partial charge in [-0.3, -0.25) is 0 Å². The highest BCUT2D eigenvalue weighted by Crippen LogP contribution is 2.26. The summed E-state index contributed by atoms with van der Waals surface area (Å²) in [5, 5.41) is 0. The average Bonchev–Trinajstić information content (AvgIpc) is 2.41. The lowest BCUT2D eigenvalue weighted by molar-refractivity contribution is 0.371. The molecule has 2 rings (SSSR count). The van der Waals surface area contributed by atoms with Crippen LogP contribution in [0.25, 0.3) is 0 Å². The third kappa shape index (κ3) is 3.50. The Labute approximate surface area is 120 Å². The number of nitrogens with one attached hydrogen (secondary N) is 1. The Morgan fingerprint density at radius 2 is 1.90 bits per heavy atom. The van der Waals surface area contributed by atoms with Crippen LogP contribution in [0.4, 0.5) is 0 Å². The van der Waals surface area contributed by atoms with E-state index in [0.29, 0.717) is 5.75 Å². The fraction of sp³-hybridized carbons (Fsp3) is 0.571. The van der Waals surface area contributed by atoms with Gasteiger partial charge in [0.1, 0.15) is 10.6 Å². The van der Waals surface area contributed by atoms with E-state index in [1.807, 2.05) is 13.0 Å². The Hall–Kier alpha value is -1.11. The van der Waals surface area contributed by atoms with Crippen molar-refractivity contribution in [1.82, 2.24) is 4.72 Å². The summed E-state index contributed by atoms with van der Waals surface area (Å²) in [5.74, 6) is 0.371. The molecule has 5 nitrogen and oxygen atoms in total. The van der Waals surface area contributed by atoms with E-state index < -0.39 is 10.0 Å². The summed E-state index contributed by atoms with van der Waals surface area (Å²) < 4.78 is 32.9. The SMILES string of the molecule is COc1ccc(C)cc1S(=O)(=O)NC1CCC(N)CC1. The minimum atomic E-state index is -3.56. The molecule has 1 aliphatic rings. The highest BCUT2D eigenvalue weighted by molar-refractivity contribution is 7.89. The lowest BCUT2D eigenvalue weighted by Crippen LogP contribution is -2.40. The molecule has 0 amide bonds. The first-order valence-electron chi connectivity index (χ1n) is 6.85. The van der Waals surface area contributed by atoms with Crippen LogP contribution in [0, 0.1) is 6.92 Å². The van der Waals surface area contributed by atoms with Crippen molar-refractivity contribution < 1.29 is 13.2 Å². The standard InChI is InChI=1S/C14H22N2O3S/c1-10-3-8-13(19-2)14(9-10)20(17,18)16-12-6-4-11(15)5-7-12/h3,8-9,11-12,16H,4-7,15H2,1-2H3. The van der Waals surface area contributed by atoms with Crippen LogP contribution in [-0.4, -0.2) is 27.6 Å². The Morgan fingerprint density at radius 1 is 1.25 bits per heavy atom. The van der Waals surface area contributed by atoms with Crippen molar-refractivity contribution in [3.8, 4) is 5.75 Å². The summed E-state index contributed by atoms with van der Waals surface area (Å²) >= 11 is 0. The zero-order chi connectivity index (χ0) is 14.8. The first-order valence-corrected chi connectivity index (χ1v) is 8.33. The summed E-state index contributed by atoms with van der Waals surface area (Å²) in [6.07, 6.45) is 3.29. The van der Waals surface area contributed by atoms with Crippen LogP contribution in [0.2, 0.25) is 0 Å². The third-order valence-electron chi connectivity index (χ3n) is 3.70. The van der Waals surface area contributed by atoms with E-state index in [4.69, 9.17) is 10.5 Å². The van der Waals surface area contributed by atoms with Crippen LogP contribution in [-0.2, 0) is 10.0 Å². The van der Waals surface area contributed by atoms with Crippen LogP contribution in [0.5, 0.6) is 5.75 Å². The quantitative estimate of drug-likeness (QED) is 0.883. The second kappa shape index (κ2) is 6.11. The smallest absolute Gasteiger partial charge is 0.244 e. The number of hydrogen-bond acceptors (Lipinski definition) is 4. The van der Waals surface area contributed by atoms with Crippen LogP contribution < -0.4 is 15.2 Å². The maximum atomic E-state index is 12.5. The van der Waals surface area contributed by atoms with Crippen molar-refractivity contribution >= 4 is 10.0 Å². The van der Waals surface area contributed by atoms with Crippen LogP contribution in [0.3, 0.4) is 0 Å². The molecule has 0 aromatic heterocycles. The molecule has 20 heavy (non-hydrogen) atoms. The van der Waals surface area contributed by atoms with Crippen molar-refractivity contribution in [2.75, 3.05) is 7.11 Å². The molecule has 0 aliphatic heterocycles. The number of sulfonamides is 1. The number of methoxy groups -OCH3 is 1. The van der Waals surface area contributed by atoms with Crippen LogP contribution in [0.15, 0.2) is 23.1 Å². The van der Waals surface area contributed by atoms with Crippen molar-refractivity contribution in [2.24, 2.45) is 5.73 Å². The highest BCUT2D eigenvalue weighted by atomic mass is 32.2. The molecule has 1 aromatic rings. The fourth-order valence-corrected chi connectivity index (χ4v) is 4.07. The molecule has 0 saturated heterocycles. The Kier molecular flexibility index (Phi) is 4.67. The van der Waals surface area contributed by atoms with E-state index in [9.17, 15) is 8.42 Å². The molecule has 0 unspecified atom stereocenters. The van der Waals surface area contributed by atoms with Gasteiger partial charge in [-0.05, 0) is 50.3 Å². The molecule has 112 valence electrons. The average molecular weight is 298 g/mol. The minimum absolute atomic E-state index is 0.0370. The zero-order valence-electron chi connectivity index (χ0n) is 11.9.